The van der Waals surface area contributed by atoms with Gasteiger partial charge >= 0.3 is 0 Å². The smallest absolute Gasteiger partial charge is 0.156 e. The molecule has 2 aromatic rings. The quantitative estimate of drug-likeness (QED) is 0.939. The molecular formula is C13H16BrN5. The topological polar surface area (TPSA) is 55.6 Å². The summed E-state index contributed by atoms with van der Waals surface area (Å²) in [5, 5.41) is 15.5. The van der Waals surface area contributed by atoms with Gasteiger partial charge in [0.25, 0.3) is 0 Å². The molecule has 3 rings (SSSR count). The lowest BCUT2D eigenvalue weighted by molar-refractivity contribution is 0.365. The molecule has 1 aliphatic rings. The molecule has 0 aliphatic carbocycles. The number of nitrogens with zero attached hydrogens (tertiary/aromatic N) is 4. The predicted molar refractivity (Wildman–Crippen MR) is 76.2 cm³/mol. The number of halogens is 1. The van der Waals surface area contributed by atoms with Gasteiger partial charge in [-0.15, -0.1) is 5.10 Å². The van der Waals surface area contributed by atoms with Crippen molar-refractivity contribution < 1.29 is 0 Å². The zero-order chi connectivity index (χ0) is 13.1. The highest BCUT2D eigenvalue weighted by Gasteiger charge is 2.18. The molecule has 1 aromatic carbocycles. The van der Waals surface area contributed by atoms with Gasteiger partial charge in [0.2, 0.25) is 0 Å². The molecule has 0 amide bonds. The molecule has 0 atom stereocenters. The van der Waals surface area contributed by atoms with Gasteiger partial charge < -0.3 is 5.32 Å². The van der Waals surface area contributed by atoms with Gasteiger partial charge in [-0.05, 0) is 60.5 Å². The highest BCUT2D eigenvalue weighted by molar-refractivity contribution is 9.10. The summed E-state index contributed by atoms with van der Waals surface area (Å²) in [6.07, 6.45) is 3.35. The Labute approximate surface area is 120 Å². The number of piperidine rings is 1. The molecule has 6 heteroatoms. The van der Waals surface area contributed by atoms with E-state index in [2.05, 4.69) is 36.8 Å². The van der Waals surface area contributed by atoms with Gasteiger partial charge in [0, 0.05) is 10.9 Å². The van der Waals surface area contributed by atoms with E-state index in [9.17, 15) is 0 Å². The fraction of sp³-hybridized carbons (Fsp3) is 0.462. The Morgan fingerprint density at radius 1 is 1.32 bits per heavy atom. The molecule has 0 bridgehead atoms. The Balaban J connectivity index is 1.81. The van der Waals surface area contributed by atoms with E-state index in [1.54, 1.807) is 0 Å². The van der Waals surface area contributed by atoms with Crippen molar-refractivity contribution >= 4 is 15.9 Å². The number of aromatic nitrogens is 4. The maximum absolute atomic E-state index is 4.18. The molecular weight excluding hydrogens is 306 g/mol. The van der Waals surface area contributed by atoms with Gasteiger partial charge in [-0.2, -0.15) is 4.68 Å². The first-order valence-electron chi connectivity index (χ1n) is 6.57. The van der Waals surface area contributed by atoms with Crippen molar-refractivity contribution in [2.45, 2.75) is 19.3 Å². The van der Waals surface area contributed by atoms with Crippen LogP contribution in [0.2, 0.25) is 0 Å². The number of benzene rings is 1. The molecule has 0 unspecified atom stereocenters. The second kappa shape index (κ2) is 5.79. The van der Waals surface area contributed by atoms with Crippen LogP contribution in [0.15, 0.2) is 28.7 Å². The number of nitrogens with one attached hydrogen (secondary N) is 1. The lowest BCUT2D eigenvalue weighted by Gasteiger charge is -2.21. The number of rotatable bonds is 3. The Bertz CT molecular complexity index is 547. The third-order valence-corrected chi connectivity index (χ3v) is 4.01. The van der Waals surface area contributed by atoms with Crippen molar-refractivity contribution in [2.24, 2.45) is 5.92 Å². The maximum atomic E-state index is 4.18. The monoisotopic (exact) mass is 321 g/mol. The van der Waals surface area contributed by atoms with Gasteiger partial charge in [-0.3, -0.25) is 0 Å². The van der Waals surface area contributed by atoms with Gasteiger partial charge in [-0.1, -0.05) is 22.0 Å². The van der Waals surface area contributed by atoms with E-state index >= 15 is 0 Å². The second-order valence-corrected chi connectivity index (χ2v) is 5.80. The molecule has 19 heavy (non-hydrogen) atoms. The maximum Gasteiger partial charge on any atom is 0.156 e. The van der Waals surface area contributed by atoms with E-state index < -0.39 is 0 Å². The number of tetrazole rings is 1. The van der Waals surface area contributed by atoms with Crippen LogP contribution < -0.4 is 5.32 Å². The van der Waals surface area contributed by atoms with Crippen molar-refractivity contribution in [1.82, 2.24) is 25.5 Å². The van der Waals surface area contributed by atoms with E-state index in [0.29, 0.717) is 5.92 Å². The summed E-state index contributed by atoms with van der Waals surface area (Å²) in [5.41, 5.74) is 1.00. The summed E-state index contributed by atoms with van der Waals surface area (Å²) < 4.78 is 2.88. The zero-order valence-electron chi connectivity index (χ0n) is 10.6. The molecule has 2 heterocycles. The molecule has 0 saturated carbocycles. The van der Waals surface area contributed by atoms with Gasteiger partial charge in [0.1, 0.15) is 0 Å². The summed E-state index contributed by atoms with van der Waals surface area (Å²) in [6.45, 7) is 2.20. The average Bonchev–Trinajstić information content (AvgIpc) is 2.88. The van der Waals surface area contributed by atoms with Crippen LogP contribution in [0, 0.1) is 5.92 Å². The van der Waals surface area contributed by atoms with E-state index in [-0.39, 0.29) is 0 Å². The first kappa shape index (κ1) is 12.7. The molecule has 0 spiro atoms. The summed E-state index contributed by atoms with van der Waals surface area (Å²) in [5.74, 6) is 1.63. The summed E-state index contributed by atoms with van der Waals surface area (Å²) in [4.78, 5) is 0. The van der Waals surface area contributed by atoms with E-state index in [1.165, 1.54) is 12.8 Å². The summed E-state index contributed by atoms with van der Waals surface area (Å²) >= 11 is 3.48. The van der Waals surface area contributed by atoms with Crippen LogP contribution in [0.1, 0.15) is 18.7 Å². The minimum absolute atomic E-state index is 0.679. The van der Waals surface area contributed by atoms with Crippen LogP contribution in [0.3, 0.4) is 0 Å². The van der Waals surface area contributed by atoms with Crippen molar-refractivity contribution in [2.75, 3.05) is 13.1 Å². The van der Waals surface area contributed by atoms with Crippen LogP contribution >= 0.6 is 15.9 Å². The number of hydrogen-bond acceptors (Lipinski definition) is 4. The minimum Gasteiger partial charge on any atom is -0.317 e. The fourth-order valence-corrected chi connectivity index (χ4v) is 2.87. The van der Waals surface area contributed by atoms with E-state index in [1.807, 2.05) is 28.9 Å². The van der Waals surface area contributed by atoms with E-state index in [0.717, 1.165) is 35.5 Å². The SMILES string of the molecule is Brc1cccc(-n2nnnc2CC2CCNCC2)c1. The van der Waals surface area contributed by atoms with Crippen LogP contribution in [0.4, 0.5) is 0 Å². The largest absolute Gasteiger partial charge is 0.317 e. The molecule has 1 saturated heterocycles. The minimum atomic E-state index is 0.679. The lowest BCUT2D eigenvalue weighted by atomic mass is 9.94. The lowest BCUT2D eigenvalue weighted by Crippen LogP contribution is -2.29. The van der Waals surface area contributed by atoms with Crippen LogP contribution in [-0.2, 0) is 6.42 Å². The normalized spacial score (nSPS) is 16.7. The Morgan fingerprint density at radius 3 is 2.95 bits per heavy atom. The van der Waals surface area contributed by atoms with Crippen molar-refractivity contribution in [1.29, 1.82) is 0 Å². The molecule has 1 N–H and O–H groups in total. The molecule has 0 radical (unpaired) electrons. The first-order valence-corrected chi connectivity index (χ1v) is 7.36. The summed E-state index contributed by atoms with van der Waals surface area (Å²) in [7, 11) is 0. The molecule has 1 fully saturated rings. The summed E-state index contributed by atoms with van der Waals surface area (Å²) in [6, 6.07) is 8.05. The third-order valence-electron chi connectivity index (χ3n) is 3.52. The fourth-order valence-electron chi connectivity index (χ4n) is 2.49. The van der Waals surface area contributed by atoms with E-state index in [4.69, 9.17) is 0 Å². The average molecular weight is 322 g/mol. The Hall–Kier alpha value is -1.27. The van der Waals surface area contributed by atoms with Crippen LogP contribution in [0.25, 0.3) is 5.69 Å². The third kappa shape index (κ3) is 3.01. The van der Waals surface area contributed by atoms with Crippen LogP contribution in [0.5, 0.6) is 0 Å². The van der Waals surface area contributed by atoms with Gasteiger partial charge in [0.05, 0.1) is 5.69 Å². The standard InChI is InChI=1S/C13H16BrN5/c14-11-2-1-3-12(9-11)19-13(16-17-18-19)8-10-4-6-15-7-5-10/h1-3,9-10,15H,4-8H2. The van der Waals surface area contributed by atoms with Crippen molar-refractivity contribution in [3.63, 3.8) is 0 Å². The highest BCUT2D eigenvalue weighted by Crippen LogP contribution is 2.19. The molecule has 1 aliphatic heterocycles. The van der Waals surface area contributed by atoms with Crippen molar-refractivity contribution in [3.05, 3.63) is 34.6 Å². The Morgan fingerprint density at radius 2 is 2.16 bits per heavy atom. The Kier molecular flexibility index (Phi) is 3.89. The zero-order valence-corrected chi connectivity index (χ0v) is 12.2. The molecule has 1 aromatic heterocycles. The highest BCUT2D eigenvalue weighted by atomic mass is 79.9. The molecule has 5 nitrogen and oxygen atoms in total. The van der Waals surface area contributed by atoms with Gasteiger partial charge in [0.15, 0.2) is 5.82 Å². The predicted octanol–water partition coefficient (Wildman–Crippen LogP) is 1.97. The molecule has 100 valence electrons. The first-order chi connectivity index (χ1) is 9.33. The van der Waals surface area contributed by atoms with Gasteiger partial charge in [-0.25, -0.2) is 0 Å². The van der Waals surface area contributed by atoms with Crippen molar-refractivity contribution in [3.8, 4) is 5.69 Å². The second-order valence-electron chi connectivity index (χ2n) is 4.88. The number of hydrogen-bond donors (Lipinski definition) is 1. The van der Waals surface area contributed by atoms with Crippen LogP contribution in [-0.4, -0.2) is 33.3 Å².